The molecule has 0 amide bonds. The Morgan fingerprint density at radius 1 is 1.39 bits per heavy atom. The minimum atomic E-state index is -0.169. The standard InChI is InChI=1S/C14H15BrFNS/c1-9-3-4-12(16)5-10(9)6-13(17-2)14-7-11(15)8-18-14/h3-5,7-8,13,17H,6H2,1-2H3. The Morgan fingerprint density at radius 3 is 2.78 bits per heavy atom. The summed E-state index contributed by atoms with van der Waals surface area (Å²) in [5.74, 6) is -0.169. The molecule has 4 heteroatoms. The summed E-state index contributed by atoms with van der Waals surface area (Å²) in [5, 5.41) is 5.36. The molecule has 0 radical (unpaired) electrons. The summed E-state index contributed by atoms with van der Waals surface area (Å²) in [6.45, 7) is 2.02. The maximum absolute atomic E-state index is 13.3. The fourth-order valence-electron chi connectivity index (χ4n) is 1.94. The van der Waals surface area contributed by atoms with Gasteiger partial charge in [-0.3, -0.25) is 0 Å². The van der Waals surface area contributed by atoms with E-state index in [0.717, 1.165) is 22.0 Å². The predicted octanol–water partition coefficient (Wildman–Crippen LogP) is 4.46. The smallest absolute Gasteiger partial charge is 0.123 e. The van der Waals surface area contributed by atoms with E-state index in [0.29, 0.717) is 0 Å². The van der Waals surface area contributed by atoms with Crippen LogP contribution in [0.3, 0.4) is 0 Å². The van der Waals surface area contributed by atoms with Crippen LogP contribution in [-0.4, -0.2) is 7.05 Å². The van der Waals surface area contributed by atoms with E-state index in [1.807, 2.05) is 20.0 Å². The van der Waals surface area contributed by atoms with Crippen molar-refractivity contribution < 1.29 is 4.39 Å². The number of rotatable bonds is 4. The molecule has 1 aromatic heterocycles. The number of nitrogens with one attached hydrogen (secondary N) is 1. The Labute approximate surface area is 119 Å². The molecule has 0 saturated carbocycles. The van der Waals surface area contributed by atoms with Gasteiger partial charge in [0.1, 0.15) is 5.82 Å². The van der Waals surface area contributed by atoms with E-state index < -0.39 is 0 Å². The quantitative estimate of drug-likeness (QED) is 0.874. The van der Waals surface area contributed by atoms with Crippen LogP contribution in [0.4, 0.5) is 4.39 Å². The lowest BCUT2D eigenvalue weighted by atomic mass is 10.00. The molecule has 1 unspecified atom stereocenters. The van der Waals surface area contributed by atoms with Crippen LogP contribution in [0.1, 0.15) is 22.0 Å². The minimum Gasteiger partial charge on any atom is -0.312 e. The van der Waals surface area contributed by atoms with Crippen LogP contribution in [0.5, 0.6) is 0 Å². The molecule has 2 rings (SSSR count). The van der Waals surface area contributed by atoms with Gasteiger partial charge in [0.05, 0.1) is 0 Å². The van der Waals surface area contributed by atoms with Crippen LogP contribution in [0.25, 0.3) is 0 Å². The van der Waals surface area contributed by atoms with E-state index in [4.69, 9.17) is 0 Å². The molecule has 18 heavy (non-hydrogen) atoms. The van der Waals surface area contributed by atoms with Crippen molar-refractivity contribution in [2.75, 3.05) is 7.05 Å². The van der Waals surface area contributed by atoms with E-state index in [2.05, 4.69) is 32.7 Å². The zero-order valence-corrected chi connectivity index (χ0v) is 12.7. The molecule has 0 aliphatic rings. The molecule has 0 bridgehead atoms. The first-order chi connectivity index (χ1) is 8.60. The maximum atomic E-state index is 13.3. The van der Waals surface area contributed by atoms with Gasteiger partial charge in [0, 0.05) is 20.8 Å². The molecule has 1 aromatic carbocycles. The summed E-state index contributed by atoms with van der Waals surface area (Å²) < 4.78 is 14.4. The average molecular weight is 328 g/mol. The van der Waals surface area contributed by atoms with Crippen molar-refractivity contribution in [1.29, 1.82) is 0 Å². The van der Waals surface area contributed by atoms with Crippen LogP contribution in [0.2, 0.25) is 0 Å². The lowest BCUT2D eigenvalue weighted by molar-refractivity contribution is 0.590. The normalized spacial score (nSPS) is 12.7. The Hall–Kier alpha value is -0.710. The number of thiophene rings is 1. The third-order valence-corrected chi connectivity index (χ3v) is 4.82. The van der Waals surface area contributed by atoms with Crippen molar-refractivity contribution in [3.05, 3.63) is 55.9 Å². The molecule has 0 saturated heterocycles. The second kappa shape index (κ2) is 5.95. The highest BCUT2D eigenvalue weighted by atomic mass is 79.9. The second-order valence-electron chi connectivity index (χ2n) is 4.28. The summed E-state index contributed by atoms with van der Waals surface area (Å²) in [7, 11) is 1.94. The molecule has 1 N–H and O–H groups in total. The van der Waals surface area contributed by atoms with Crippen molar-refractivity contribution >= 4 is 27.3 Å². The molecule has 0 fully saturated rings. The van der Waals surface area contributed by atoms with Crippen molar-refractivity contribution in [2.45, 2.75) is 19.4 Å². The number of benzene rings is 1. The highest BCUT2D eigenvalue weighted by Gasteiger charge is 2.14. The summed E-state index contributed by atoms with van der Waals surface area (Å²) in [6.07, 6.45) is 0.799. The molecule has 96 valence electrons. The molecule has 1 heterocycles. The zero-order chi connectivity index (χ0) is 13.1. The number of hydrogen-bond donors (Lipinski definition) is 1. The second-order valence-corrected chi connectivity index (χ2v) is 6.14. The Balaban J connectivity index is 2.22. The largest absolute Gasteiger partial charge is 0.312 e. The fraction of sp³-hybridized carbons (Fsp3) is 0.286. The monoisotopic (exact) mass is 327 g/mol. The lowest BCUT2D eigenvalue weighted by Crippen LogP contribution is -2.18. The van der Waals surface area contributed by atoms with Gasteiger partial charge in [0.25, 0.3) is 0 Å². The minimum absolute atomic E-state index is 0.169. The molecular formula is C14H15BrFNS. The summed E-state index contributed by atoms with van der Waals surface area (Å²) in [4.78, 5) is 1.26. The van der Waals surface area contributed by atoms with Gasteiger partial charge in [-0.25, -0.2) is 4.39 Å². The molecular weight excluding hydrogens is 313 g/mol. The number of aryl methyl sites for hydroxylation is 1. The van der Waals surface area contributed by atoms with Gasteiger partial charge in [-0.05, 0) is 65.6 Å². The van der Waals surface area contributed by atoms with Crippen LogP contribution >= 0.6 is 27.3 Å². The highest BCUT2D eigenvalue weighted by Crippen LogP contribution is 2.28. The summed E-state index contributed by atoms with van der Waals surface area (Å²) in [5.41, 5.74) is 2.19. The predicted molar refractivity (Wildman–Crippen MR) is 78.7 cm³/mol. The fourth-order valence-corrected chi connectivity index (χ4v) is 3.49. The zero-order valence-electron chi connectivity index (χ0n) is 10.3. The Morgan fingerprint density at radius 2 is 2.17 bits per heavy atom. The van der Waals surface area contributed by atoms with Crippen LogP contribution in [0.15, 0.2) is 34.1 Å². The number of halogens is 2. The molecule has 0 spiro atoms. The molecule has 2 aromatic rings. The SMILES string of the molecule is CNC(Cc1cc(F)ccc1C)c1cc(Br)cs1. The van der Waals surface area contributed by atoms with Crippen LogP contribution < -0.4 is 5.32 Å². The first-order valence-corrected chi connectivity index (χ1v) is 7.43. The van der Waals surface area contributed by atoms with Gasteiger partial charge in [-0.15, -0.1) is 11.3 Å². The van der Waals surface area contributed by atoms with Crippen LogP contribution in [-0.2, 0) is 6.42 Å². The van der Waals surface area contributed by atoms with Gasteiger partial charge >= 0.3 is 0 Å². The van der Waals surface area contributed by atoms with Crippen molar-refractivity contribution in [1.82, 2.24) is 5.32 Å². The first-order valence-electron chi connectivity index (χ1n) is 5.76. The lowest BCUT2D eigenvalue weighted by Gasteiger charge is -2.16. The highest BCUT2D eigenvalue weighted by molar-refractivity contribution is 9.10. The third-order valence-electron chi connectivity index (χ3n) is 3.01. The van der Waals surface area contributed by atoms with Gasteiger partial charge in [-0.1, -0.05) is 6.07 Å². The van der Waals surface area contributed by atoms with Gasteiger partial charge in [0.2, 0.25) is 0 Å². The average Bonchev–Trinajstić information content (AvgIpc) is 2.77. The van der Waals surface area contributed by atoms with Crippen molar-refractivity contribution in [3.8, 4) is 0 Å². The molecule has 1 atom stereocenters. The molecule has 0 aliphatic carbocycles. The maximum Gasteiger partial charge on any atom is 0.123 e. The van der Waals surface area contributed by atoms with Gasteiger partial charge in [-0.2, -0.15) is 0 Å². The van der Waals surface area contributed by atoms with E-state index >= 15 is 0 Å². The van der Waals surface area contributed by atoms with Crippen molar-refractivity contribution in [3.63, 3.8) is 0 Å². The van der Waals surface area contributed by atoms with E-state index in [-0.39, 0.29) is 11.9 Å². The topological polar surface area (TPSA) is 12.0 Å². The number of hydrogen-bond acceptors (Lipinski definition) is 2. The Kier molecular flexibility index (Phi) is 4.54. The van der Waals surface area contributed by atoms with E-state index in [9.17, 15) is 4.39 Å². The summed E-state index contributed by atoms with van der Waals surface area (Å²) >= 11 is 5.17. The molecule has 1 nitrogen and oxygen atoms in total. The third kappa shape index (κ3) is 3.19. The van der Waals surface area contributed by atoms with Gasteiger partial charge < -0.3 is 5.32 Å². The van der Waals surface area contributed by atoms with Gasteiger partial charge in [0.15, 0.2) is 0 Å². The molecule has 0 aliphatic heterocycles. The Bertz CT molecular complexity index is 538. The van der Waals surface area contributed by atoms with E-state index in [1.54, 1.807) is 17.4 Å². The first kappa shape index (κ1) is 13.7. The summed E-state index contributed by atoms with van der Waals surface area (Å²) in [6, 6.07) is 7.31. The van der Waals surface area contributed by atoms with E-state index in [1.165, 1.54) is 10.9 Å². The van der Waals surface area contributed by atoms with Crippen LogP contribution in [0, 0.1) is 12.7 Å². The number of likely N-dealkylation sites (N-methyl/N-ethyl adjacent to an activating group) is 1. The van der Waals surface area contributed by atoms with Crippen molar-refractivity contribution in [2.24, 2.45) is 0 Å².